The average Bonchev–Trinajstić information content (AvgIpc) is 2.47. The SMILES string of the molecule is CCOS(=O)(=O)CC(c1ccccc1)c1cncnc1. The molecule has 0 aliphatic rings. The third kappa shape index (κ3) is 3.85. The predicted octanol–water partition coefficient (Wildman–Crippen LogP) is 1.97. The van der Waals surface area contributed by atoms with Gasteiger partial charge in [0.25, 0.3) is 10.1 Å². The summed E-state index contributed by atoms with van der Waals surface area (Å²) in [4.78, 5) is 7.92. The van der Waals surface area contributed by atoms with Crippen LogP contribution >= 0.6 is 0 Å². The standard InChI is InChI=1S/C14H16N2O3S/c1-2-19-20(17,18)10-14(12-6-4-3-5-7-12)13-8-15-11-16-9-13/h3-9,11,14H,2,10H2,1H3. The lowest BCUT2D eigenvalue weighted by Crippen LogP contribution is -2.18. The van der Waals surface area contributed by atoms with Crippen molar-refractivity contribution in [1.82, 2.24) is 9.97 Å². The summed E-state index contributed by atoms with van der Waals surface area (Å²) < 4.78 is 28.7. The van der Waals surface area contributed by atoms with Gasteiger partial charge in [-0.1, -0.05) is 30.3 Å². The minimum atomic E-state index is -3.58. The highest BCUT2D eigenvalue weighted by atomic mass is 32.2. The maximum atomic E-state index is 11.9. The summed E-state index contributed by atoms with van der Waals surface area (Å²) in [6.45, 7) is 1.79. The van der Waals surface area contributed by atoms with E-state index in [-0.39, 0.29) is 18.3 Å². The number of aromatic nitrogens is 2. The van der Waals surface area contributed by atoms with Crippen molar-refractivity contribution >= 4 is 10.1 Å². The van der Waals surface area contributed by atoms with E-state index in [0.717, 1.165) is 11.1 Å². The van der Waals surface area contributed by atoms with E-state index in [0.29, 0.717) is 0 Å². The van der Waals surface area contributed by atoms with Gasteiger partial charge in [-0.05, 0) is 18.1 Å². The van der Waals surface area contributed by atoms with Gasteiger partial charge in [-0.2, -0.15) is 8.42 Å². The van der Waals surface area contributed by atoms with Crippen LogP contribution < -0.4 is 0 Å². The third-order valence-corrected chi connectivity index (χ3v) is 4.19. The first-order valence-corrected chi connectivity index (χ1v) is 7.87. The van der Waals surface area contributed by atoms with Gasteiger partial charge in [-0.3, -0.25) is 4.18 Å². The molecule has 0 spiro atoms. The molecule has 106 valence electrons. The maximum Gasteiger partial charge on any atom is 0.268 e. The van der Waals surface area contributed by atoms with E-state index in [1.807, 2.05) is 30.3 Å². The first-order valence-electron chi connectivity index (χ1n) is 6.29. The fourth-order valence-electron chi connectivity index (χ4n) is 1.99. The Balaban J connectivity index is 2.36. The molecule has 0 saturated heterocycles. The summed E-state index contributed by atoms with van der Waals surface area (Å²) in [5, 5.41) is 0. The smallest absolute Gasteiger partial charge is 0.268 e. The molecule has 0 amide bonds. The molecular formula is C14H16N2O3S. The minimum Gasteiger partial charge on any atom is -0.270 e. The molecule has 0 radical (unpaired) electrons. The highest BCUT2D eigenvalue weighted by molar-refractivity contribution is 7.86. The monoisotopic (exact) mass is 292 g/mol. The Morgan fingerprint density at radius 3 is 2.35 bits per heavy atom. The van der Waals surface area contributed by atoms with E-state index in [1.165, 1.54) is 6.33 Å². The number of benzene rings is 1. The molecule has 1 heterocycles. The van der Waals surface area contributed by atoms with Gasteiger partial charge in [-0.25, -0.2) is 9.97 Å². The number of nitrogens with zero attached hydrogens (tertiary/aromatic N) is 2. The van der Waals surface area contributed by atoms with Crippen LogP contribution in [0.4, 0.5) is 0 Å². The van der Waals surface area contributed by atoms with E-state index in [2.05, 4.69) is 9.97 Å². The van der Waals surface area contributed by atoms with Crippen LogP contribution in [0.15, 0.2) is 49.1 Å². The lowest BCUT2D eigenvalue weighted by atomic mass is 9.95. The fourth-order valence-corrected chi connectivity index (χ4v) is 3.24. The van der Waals surface area contributed by atoms with Crippen LogP contribution in [0.5, 0.6) is 0 Å². The molecule has 20 heavy (non-hydrogen) atoms. The Labute approximate surface area is 118 Å². The van der Waals surface area contributed by atoms with Crippen LogP contribution in [0.2, 0.25) is 0 Å². The fraction of sp³-hybridized carbons (Fsp3) is 0.286. The summed E-state index contributed by atoms with van der Waals surface area (Å²) >= 11 is 0. The van der Waals surface area contributed by atoms with Gasteiger partial charge in [0.2, 0.25) is 0 Å². The molecule has 0 aliphatic carbocycles. The van der Waals surface area contributed by atoms with Crippen molar-refractivity contribution in [3.05, 3.63) is 60.2 Å². The Bertz CT molecular complexity index is 590. The topological polar surface area (TPSA) is 69.2 Å². The molecule has 0 N–H and O–H groups in total. The molecule has 0 saturated carbocycles. The lowest BCUT2D eigenvalue weighted by molar-refractivity contribution is 0.337. The quantitative estimate of drug-likeness (QED) is 0.761. The van der Waals surface area contributed by atoms with E-state index in [1.54, 1.807) is 19.3 Å². The van der Waals surface area contributed by atoms with Gasteiger partial charge in [-0.15, -0.1) is 0 Å². The van der Waals surface area contributed by atoms with Gasteiger partial charge in [0.15, 0.2) is 0 Å². The Kier molecular flexibility index (Phi) is 4.81. The highest BCUT2D eigenvalue weighted by Crippen LogP contribution is 2.25. The molecule has 6 heteroatoms. The second-order valence-corrected chi connectivity index (χ2v) is 5.95. The molecule has 0 bridgehead atoms. The maximum absolute atomic E-state index is 11.9. The van der Waals surface area contributed by atoms with Crippen molar-refractivity contribution in [2.24, 2.45) is 0 Å². The predicted molar refractivity (Wildman–Crippen MR) is 75.7 cm³/mol. The van der Waals surface area contributed by atoms with Crippen molar-refractivity contribution in [3.63, 3.8) is 0 Å². The van der Waals surface area contributed by atoms with Crippen molar-refractivity contribution in [2.45, 2.75) is 12.8 Å². The second-order valence-electron chi connectivity index (χ2n) is 4.27. The lowest BCUT2D eigenvalue weighted by Gasteiger charge is -2.17. The van der Waals surface area contributed by atoms with Gasteiger partial charge < -0.3 is 0 Å². The van der Waals surface area contributed by atoms with Crippen molar-refractivity contribution in [2.75, 3.05) is 12.4 Å². The molecule has 1 aromatic carbocycles. The van der Waals surface area contributed by atoms with Crippen LogP contribution in [0.3, 0.4) is 0 Å². The normalized spacial score (nSPS) is 13.1. The van der Waals surface area contributed by atoms with Crippen LogP contribution in [-0.2, 0) is 14.3 Å². The Morgan fingerprint density at radius 1 is 1.10 bits per heavy atom. The average molecular weight is 292 g/mol. The van der Waals surface area contributed by atoms with Crippen molar-refractivity contribution in [1.29, 1.82) is 0 Å². The van der Waals surface area contributed by atoms with Gasteiger partial charge in [0, 0.05) is 18.3 Å². The van der Waals surface area contributed by atoms with Crippen LogP contribution in [-0.4, -0.2) is 30.7 Å². The third-order valence-electron chi connectivity index (χ3n) is 2.85. The first-order chi connectivity index (χ1) is 9.62. The van der Waals surface area contributed by atoms with E-state index in [4.69, 9.17) is 4.18 Å². The number of hydrogen-bond acceptors (Lipinski definition) is 5. The summed E-state index contributed by atoms with van der Waals surface area (Å²) in [5.41, 5.74) is 1.65. The summed E-state index contributed by atoms with van der Waals surface area (Å²) in [5.74, 6) is -0.466. The largest absolute Gasteiger partial charge is 0.270 e. The zero-order chi connectivity index (χ0) is 14.4. The van der Waals surface area contributed by atoms with Crippen molar-refractivity contribution < 1.29 is 12.6 Å². The number of hydrogen-bond donors (Lipinski definition) is 0. The van der Waals surface area contributed by atoms with E-state index >= 15 is 0 Å². The zero-order valence-electron chi connectivity index (χ0n) is 11.1. The van der Waals surface area contributed by atoms with Crippen LogP contribution in [0, 0.1) is 0 Å². The molecule has 1 atom stereocenters. The van der Waals surface area contributed by atoms with Crippen molar-refractivity contribution in [3.8, 4) is 0 Å². The first kappa shape index (κ1) is 14.6. The van der Waals surface area contributed by atoms with Gasteiger partial charge in [0.1, 0.15) is 6.33 Å². The summed E-state index contributed by atoms with van der Waals surface area (Å²) in [6.07, 6.45) is 4.68. The summed E-state index contributed by atoms with van der Waals surface area (Å²) in [6, 6.07) is 9.41. The number of rotatable bonds is 6. The summed E-state index contributed by atoms with van der Waals surface area (Å²) in [7, 11) is -3.58. The molecular weight excluding hydrogens is 276 g/mol. The minimum absolute atomic E-state index is 0.127. The van der Waals surface area contributed by atoms with Gasteiger partial charge in [0.05, 0.1) is 12.4 Å². The Morgan fingerprint density at radius 2 is 1.75 bits per heavy atom. The molecule has 1 unspecified atom stereocenters. The van der Waals surface area contributed by atoms with Crippen LogP contribution in [0.25, 0.3) is 0 Å². The molecule has 5 nitrogen and oxygen atoms in total. The second kappa shape index (κ2) is 6.58. The molecule has 0 fully saturated rings. The Hall–Kier alpha value is -1.79. The zero-order valence-corrected chi connectivity index (χ0v) is 12.0. The molecule has 2 aromatic rings. The van der Waals surface area contributed by atoms with E-state index in [9.17, 15) is 8.42 Å². The molecule has 0 aliphatic heterocycles. The van der Waals surface area contributed by atoms with Crippen LogP contribution in [0.1, 0.15) is 24.0 Å². The molecule has 2 rings (SSSR count). The highest BCUT2D eigenvalue weighted by Gasteiger charge is 2.23. The van der Waals surface area contributed by atoms with E-state index < -0.39 is 10.1 Å². The molecule has 1 aromatic heterocycles. The van der Waals surface area contributed by atoms with Gasteiger partial charge >= 0.3 is 0 Å².